The fourth-order valence-electron chi connectivity index (χ4n) is 7.46. The molecule has 31 heavy (non-hydrogen) atoms. The van der Waals surface area contributed by atoms with Gasteiger partial charge in [-0.05, 0) is 73.2 Å². The SMILES string of the molecule is COC(=O)CSCC(=O)[C@@]1(O)C[C@@H]2[C@@H]3CCC4=CC(=O)CC[C@]4(C)[C@@H]3[C@H](O)C[C@]2(C)C1. The Balaban J connectivity index is 1.55. The van der Waals surface area contributed by atoms with Crippen LogP contribution in [-0.4, -0.2) is 58.1 Å². The smallest absolute Gasteiger partial charge is 0.315 e. The Kier molecular flexibility index (Phi) is 5.93. The van der Waals surface area contributed by atoms with Gasteiger partial charge in [-0.2, -0.15) is 0 Å². The van der Waals surface area contributed by atoms with Crippen molar-refractivity contribution in [2.24, 2.45) is 28.6 Å². The highest BCUT2D eigenvalue weighted by atomic mass is 32.2. The van der Waals surface area contributed by atoms with Crippen LogP contribution >= 0.6 is 11.8 Å². The van der Waals surface area contributed by atoms with Gasteiger partial charge in [-0.1, -0.05) is 19.4 Å². The van der Waals surface area contributed by atoms with Crippen molar-refractivity contribution in [1.82, 2.24) is 0 Å². The Morgan fingerprint density at radius 2 is 1.97 bits per heavy atom. The molecule has 0 amide bonds. The standard InChI is InChI=1S/C24H34O6S/c1-22-10-18(26)21-16(5-4-14-8-15(25)6-7-23(14,21)2)17(22)9-24(29,13-22)19(27)11-31-12-20(28)30-3/h8,16-18,21,26,29H,4-7,9-13H2,1-3H3/t16-,17+,18+,21-,22+,23-,24+/m0/s1. The summed E-state index contributed by atoms with van der Waals surface area (Å²) in [7, 11) is 1.32. The van der Waals surface area contributed by atoms with Crippen LogP contribution in [0.4, 0.5) is 0 Å². The average molecular weight is 451 g/mol. The first-order valence-electron chi connectivity index (χ1n) is 11.3. The van der Waals surface area contributed by atoms with Crippen LogP contribution in [0.1, 0.15) is 58.8 Å². The second-order valence-electron chi connectivity index (χ2n) is 10.7. The minimum atomic E-state index is -1.41. The molecule has 3 saturated carbocycles. The van der Waals surface area contributed by atoms with Crippen molar-refractivity contribution in [3.8, 4) is 0 Å². The maximum Gasteiger partial charge on any atom is 0.315 e. The molecule has 0 heterocycles. The van der Waals surface area contributed by atoms with Crippen molar-refractivity contribution in [2.45, 2.75) is 70.5 Å². The third-order valence-electron chi connectivity index (χ3n) is 8.86. The molecule has 7 heteroatoms. The average Bonchev–Trinajstić information content (AvgIpc) is 2.99. The number of ketones is 2. The molecule has 6 nitrogen and oxygen atoms in total. The van der Waals surface area contributed by atoms with Crippen molar-refractivity contribution in [1.29, 1.82) is 0 Å². The van der Waals surface area contributed by atoms with Gasteiger partial charge in [-0.15, -0.1) is 11.8 Å². The third-order valence-corrected chi connectivity index (χ3v) is 9.77. The zero-order valence-corrected chi connectivity index (χ0v) is 19.5. The van der Waals surface area contributed by atoms with Crippen molar-refractivity contribution >= 4 is 29.3 Å². The first-order chi connectivity index (χ1) is 14.5. The lowest BCUT2D eigenvalue weighted by atomic mass is 9.46. The minimum absolute atomic E-state index is 0.0600. The molecular formula is C24H34O6S. The van der Waals surface area contributed by atoms with Gasteiger partial charge in [0.2, 0.25) is 0 Å². The Labute approximate surface area is 188 Å². The van der Waals surface area contributed by atoms with E-state index in [1.165, 1.54) is 24.4 Å². The summed E-state index contributed by atoms with van der Waals surface area (Å²) in [6.07, 6.45) is 5.70. The number of thioether (sulfide) groups is 1. The summed E-state index contributed by atoms with van der Waals surface area (Å²) in [4.78, 5) is 36.3. The second kappa shape index (κ2) is 7.99. The zero-order chi connectivity index (χ0) is 22.6. The van der Waals surface area contributed by atoms with E-state index in [1.54, 1.807) is 0 Å². The second-order valence-corrected chi connectivity index (χ2v) is 11.7. The number of fused-ring (bicyclic) bond motifs is 5. The number of hydrogen-bond acceptors (Lipinski definition) is 7. The van der Waals surface area contributed by atoms with Crippen LogP contribution in [0.3, 0.4) is 0 Å². The van der Waals surface area contributed by atoms with Gasteiger partial charge < -0.3 is 14.9 Å². The summed E-state index contributed by atoms with van der Waals surface area (Å²) in [5, 5.41) is 22.7. The highest BCUT2D eigenvalue weighted by molar-refractivity contribution is 8.00. The zero-order valence-electron chi connectivity index (χ0n) is 18.7. The van der Waals surface area contributed by atoms with E-state index in [4.69, 9.17) is 0 Å². The third kappa shape index (κ3) is 3.80. The quantitative estimate of drug-likeness (QED) is 0.621. The molecule has 0 bridgehead atoms. The molecule has 0 aliphatic heterocycles. The summed E-state index contributed by atoms with van der Waals surface area (Å²) in [6, 6.07) is 0. The van der Waals surface area contributed by atoms with Gasteiger partial charge in [0.05, 0.1) is 24.7 Å². The summed E-state index contributed by atoms with van der Waals surface area (Å²) >= 11 is 1.18. The number of hydrogen-bond donors (Lipinski definition) is 2. The van der Waals surface area contributed by atoms with Crippen LogP contribution < -0.4 is 0 Å². The lowest BCUT2D eigenvalue weighted by molar-refractivity contribution is -0.137. The Hall–Kier alpha value is -1.18. The predicted octanol–water partition coefficient (Wildman–Crippen LogP) is 2.70. The Morgan fingerprint density at radius 3 is 2.68 bits per heavy atom. The number of aliphatic hydroxyl groups is 2. The van der Waals surface area contributed by atoms with E-state index in [0.717, 1.165) is 19.3 Å². The summed E-state index contributed by atoms with van der Waals surface area (Å²) < 4.78 is 4.62. The van der Waals surface area contributed by atoms with E-state index in [9.17, 15) is 24.6 Å². The summed E-state index contributed by atoms with van der Waals surface area (Å²) in [5.74, 6) is 0.204. The largest absolute Gasteiger partial charge is 0.468 e. The molecule has 0 aromatic rings. The van der Waals surface area contributed by atoms with Crippen molar-refractivity contribution in [2.75, 3.05) is 18.6 Å². The molecule has 0 unspecified atom stereocenters. The molecule has 0 radical (unpaired) electrons. The molecular weight excluding hydrogens is 416 g/mol. The summed E-state index contributed by atoms with van der Waals surface area (Å²) in [6.45, 7) is 4.31. The molecule has 4 rings (SSSR count). The fourth-order valence-corrected chi connectivity index (χ4v) is 8.30. The van der Waals surface area contributed by atoms with Crippen molar-refractivity contribution in [3.63, 3.8) is 0 Å². The number of methoxy groups -OCH3 is 1. The molecule has 0 spiro atoms. The van der Waals surface area contributed by atoms with Crippen LogP contribution in [0, 0.1) is 28.6 Å². The minimum Gasteiger partial charge on any atom is -0.468 e. The van der Waals surface area contributed by atoms with Gasteiger partial charge in [0, 0.05) is 6.42 Å². The maximum absolute atomic E-state index is 13.0. The van der Waals surface area contributed by atoms with Crippen LogP contribution in [0.2, 0.25) is 0 Å². The van der Waals surface area contributed by atoms with Crippen LogP contribution in [-0.2, 0) is 19.1 Å². The molecule has 172 valence electrons. The van der Waals surface area contributed by atoms with Crippen molar-refractivity contribution in [3.05, 3.63) is 11.6 Å². The van der Waals surface area contributed by atoms with Crippen LogP contribution in [0.5, 0.6) is 0 Å². The predicted molar refractivity (Wildman–Crippen MR) is 117 cm³/mol. The van der Waals surface area contributed by atoms with E-state index in [2.05, 4.69) is 18.6 Å². The Bertz CT molecular complexity index is 823. The fraction of sp³-hybridized carbons (Fsp3) is 0.792. The van der Waals surface area contributed by atoms with E-state index in [1.807, 2.05) is 6.08 Å². The van der Waals surface area contributed by atoms with Gasteiger partial charge in [0.15, 0.2) is 11.6 Å². The lowest BCUT2D eigenvalue weighted by Crippen LogP contribution is -2.55. The van der Waals surface area contributed by atoms with Crippen LogP contribution in [0.15, 0.2) is 11.6 Å². The number of ether oxygens (including phenoxy) is 1. The molecule has 2 N–H and O–H groups in total. The molecule has 3 fully saturated rings. The first-order valence-corrected chi connectivity index (χ1v) is 12.5. The number of esters is 1. The number of carbonyl (C=O) groups is 3. The van der Waals surface area contributed by atoms with Gasteiger partial charge in [-0.25, -0.2) is 0 Å². The molecule has 0 aromatic carbocycles. The first kappa shape index (κ1) is 23.0. The van der Waals surface area contributed by atoms with Gasteiger partial charge in [-0.3, -0.25) is 14.4 Å². The molecule has 7 atom stereocenters. The van der Waals surface area contributed by atoms with E-state index >= 15 is 0 Å². The van der Waals surface area contributed by atoms with Crippen LogP contribution in [0.25, 0.3) is 0 Å². The Morgan fingerprint density at radius 1 is 1.23 bits per heavy atom. The molecule has 4 aliphatic rings. The monoisotopic (exact) mass is 450 g/mol. The van der Waals surface area contributed by atoms with Gasteiger partial charge >= 0.3 is 5.97 Å². The van der Waals surface area contributed by atoms with E-state index in [0.29, 0.717) is 25.7 Å². The maximum atomic E-state index is 13.0. The summed E-state index contributed by atoms with van der Waals surface area (Å²) in [5.41, 5.74) is -0.703. The number of aliphatic hydroxyl groups excluding tert-OH is 1. The van der Waals surface area contributed by atoms with Gasteiger partial charge in [0.1, 0.15) is 5.60 Å². The van der Waals surface area contributed by atoms with Gasteiger partial charge in [0.25, 0.3) is 0 Å². The number of rotatable bonds is 5. The highest BCUT2D eigenvalue weighted by Gasteiger charge is 2.64. The van der Waals surface area contributed by atoms with Crippen molar-refractivity contribution < 1.29 is 29.3 Å². The molecule has 0 aromatic heterocycles. The normalized spacial score (nSPS) is 44.0. The number of allylic oxidation sites excluding steroid dienone is 1. The lowest BCUT2D eigenvalue weighted by Gasteiger charge is -2.59. The van der Waals surface area contributed by atoms with E-state index in [-0.39, 0.29) is 57.6 Å². The number of carbonyl (C=O) groups excluding carboxylic acids is 3. The number of Topliss-reactive ketones (excluding diaryl/α,β-unsaturated/α-hetero) is 1. The topological polar surface area (TPSA) is 101 Å². The highest BCUT2D eigenvalue weighted by Crippen LogP contribution is 2.66. The molecule has 0 saturated heterocycles. The molecule has 4 aliphatic carbocycles. The van der Waals surface area contributed by atoms with E-state index < -0.39 is 11.7 Å².